The van der Waals surface area contributed by atoms with Crippen molar-refractivity contribution in [1.82, 2.24) is 24.6 Å². The van der Waals surface area contributed by atoms with Gasteiger partial charge >= 0.3 is 0 Å². The molecule has 0 spiro atoms. The SMILES string of the molecule is O=C(NC(Cn1ccnc1)c1ccccc1)c1cnn2c1CCCC2. The first kappa shape index (κ1) is 15.6. The number of benzene rings is 1. The molecule has 3 heterocycles. The van der Waals surface area contributed by atoms with E-state index >= 15 is 0 Å². The van der Waals surface area contributed by atoms with Gasteiger partial charge in [-0.1, -0.05) is 30.3 Å². The summed E-state index contributed by atoms with van der Waals surface area (Å²) in [4.78, 5) is 17.0. The number of hydrogen-bond acceptors (Lipinski definition) is 3. The molecule has 0 radical (unpaired) electrons. The van der Waals surface area contributed by atoms with Crippen LogP contribution in [0.1, 0.15) is 40.5 Å². The second-order valence-corrected chi connectivity index (χ2v) is 6.38. The number of aryl methyl sites for hydroxylation is 1. The molecule has 1 amide bonds. The number of fused-ring (bicyclic) bond motifs is 1. The predicted octanol–water partition coefficient (Wildman–Crippen LogP) is 2.59. The Bertz CT molecular complexity index is 838. The van der Waals surface area contributed by atoms with Crippen molar-refractivity contribution in [2.24, 2.45) is 0 Å². The second-order valence-electron chi connectivity index (χ2n) is 6.38. The average molecular weight is 335 g/mol. The number of nitrogens with zero attached hydrogens (tertiary/aromatic N) is 4. The van der Waals surface area contributed by atoms with Gasteiger partial charge in [-0.15, -0.1) is 0 Å². The van der Waals surface area contributed by atoms with E-state index in [1.54, 1.807) is 18.7 Å². The molecule has 0 saturated heterocycles. The molecule has 0 saturated carbocycles. The molecule has 0 bridgehead atoms. The first-order valence-corrected chi connectivity index (χ1v) is 8.67. The topological polar surface area (TPSA) is 64.7 Å². The smallest absolute Gasteiger partial charge is 0.255 e. The van der Waals surface area contributed by atoms with Gasteiger partial charge in [-0.2, -0.15) is 5.10 Å². The second kappa shape index (κ2) is 6.93. The number of nitrogens with one attached hydrogen (secondary N) is 1. The van der Waals surface area contributed by atoms with Gasteiger partial charge in [0.25, 0.3) is 5.91 Å². The number of hydrogen-bond donors (Lipinski definition) is 1. The molecule has 1 N–H and O–H groups in total. The van der Waals surface area contributed by atoms with Gasteiger partial charge in [-0.05, 0) is 24.8 Å². The molecule has 128 valence electrons. The van der Waals surface area contributed by atoms with Gasteiger partial charge in [0.05, 0.1) is 29.8 Å². The fourth-order valence-electron chi connectivity index (χ4n) is 3.37. The van der Waals surface area contributed by atoms with E-state index in [2.05, 4.69) is 15.4 Å². The monoisotopic (exact) mass is 335 g/mol. The Kier molecular flexibility index (Phi) is 4.33. The lowest BCUT2D eigenvalue weighted by Crippen LogP contribution is -2.32. The summed E-state index contributed by atoms with van der Waals surface area (Å²) in [6.07, 6.45) is 10.3. The molecule has 3 aromatic rings. The minimum Gasteiger partial charge on any atom is -0.343 e. The standard InChI is InChI=1S/C19H21N5O/c25-19(16-12-21-24-10-5-4-8-18(16)24)22-17(13-23-11-9-20-14-23)15-6-2-1-3-7-15/h1-3,6-7,9,11-12,14,17H,4-5,8,10,13H2,(H,22,25). The molecule has 0 aliphatic carbocycles. The quantitative estimate of drug-likeness (QED) is 0.779. The van der Waals surface area contributed by atoms with Crippen LogP contribution in [0.3, 0.4) is 0 Å². The predicted molar refractivity (Wildman–Crippen MR) is 94.0 cm³/mol. The van der Waals surface area contributed by atoms with E-state index in [0.717, 1.165) is 37.1 Å². The molecular weight excluding hydrogens is 314 g/mol. The van der Waals surface area contributed by atoms with E-state index in [4.69, 9.17) is 0 Å². The number of imidazole rings is 1. The van der Waals surface area contributed by atoms with E-state index in [0.29, 0.717) is 12.1 Å². The summed E-state index contributed by atoms with van der Waals surface area (Å²) < 4.78 is 3.94. The Morgan fingerprint density at radius 1 is 1.24 bits per heavy atom. The van der Waals surface area contributed by atoms with Crippen molar-refractivity contribution >= 4 is 5.91 Å². The maximum atomic E-state index is 12.9. The summed E-state index contributed by atoms with van der Waals surface area (Å²) >= 11 is 0. The van der Waals surface area contributed by atoms with Crippen molar-refractivity contribution in [1.29, 1.82) is 0 Å². The summed E-state index contributed by atoms with van der Waals surface area (Å²) in [5.74, 6) is -0.0582. The lowest BCUT2D eigenvalue weighted by atomic mass is 10.0. The maximum absolute atomic E-state index is 12.9. The van der Waals surface area contributed by atoms with Crippen LogP contribution in [0.15, 0.2) is 55.2 Å². The molecule has 1 aromatic carbocycles. The number of carbonyl (C=O) groups excluding carboxylic acids is 1. The highest BCUT2D eigenvalue weighted by Gasteiger charge is 2.22. The van der Waals surface area contributed by atoms with Crippen LogP contribution in [0.25, 0.3) is 0 Å². The Morgan fingerprint density at radius 2 is 2.12 bits per heavy atom. The van der Waals surface area contributed by atoms with E-state index < -0.39 is 0 Å². The zero-order valence-electron chi connectivity index (χ0n) is 14.0. The molecule has 1 unspecified atom stereocenters. The van der Waals surface area contributed by atoms with E-state index in [-0.39, 0.29) is 11.9 Å². The first-order chi connectivity index (χ1) is 12.3. The molecule has 25 heavy (non-hydrogen) atoms. The minimum absolute atomic E-state index is 0.0582. The lowest BCUT2D eigenvalue weighted by Gasteiger charge is -2.20. The molecule has 6 nitrogen and oxygen atoms in total. The Labute approximate surface area is 146 Å². The highest BCUT2D eigenvalue weighted by atomic mass is 16.1. The van der Waals surface area contributed by atoms with Gasteiger partial charge in [-0.25, -0.2) is 4.98 Å². The van der Waals surface area contributed by atoms with Gasteiger partial charge < -0.3 is 9.88 Å². The number of rotatable bonds is 5. The van der Waals surface area contributed by atoms with Gasteiger partial charge in [-0.3, -0.25) is 9.48 Å². The lowest BCUT2D eigenvalue weighted by molar-refractivity contribution is 0.0931. The van der Waals surface area contributed by atoms with Gasteiger partial charge in [0.2, 0.25) is 0 Å². The summed E-state index contributed by atoms with van der Waals surface area (Å²) in [7, 11) is 0. The van der Waals surface area contributed by atoms with Gasteiger partial charge in [0.1, 0.15) is 0 Å². The van der Waals surface area contributed by atoms with Crippen molar-refractivity contribution < 1.29 is 4.79 Å². The van der Waals surface area contributed by atoms with Gasteiger partial charge in [0.15, 0.2) is 0 Å². The van der Waals surface area contributed by atoms with Crippen LogP contribution in [0, 0.1) is 0 Å². The van der Waals surface area contributed by atoms with Crippen LogP contribution in [-0.2, 0) is 19.5 Å². The number of aromatic nitrogens is 4. The molecule has 0 fully saturated rings. The van der Waals surface area contributed by atoms with E-state index in [9.17, 15) is 4.79 Å². The van der Waals surface area contributed by atoms with Crippen LogP contribution in [0.2, 0.25) is 0 Å². The zero-order chi connectivity index (χ0) is 17.1. The van der Waals surface area contributed by atoms with Crippen molar-refractivity contribution in [3.63, 3.8) is 0 Å². The summed E-state index contributed by atoms with van der Waals surface area (Å²) in [5, 5.41) is 7.56. The minimum atomic E-state index is -0.123. The zero-order valence-corrected chi connectivity index (χ0v) is 14.0. The van der Waals surface area contributed by atoms with E-state index in [1.807, 2.05) is 45.8 Å². The molecule has 4 rings (SSSR count). The number of amides is 1. The van der Waals surface area contributed by atoms with Crippen molar-refractivity contribution in [2.45, 2.75) is 38.4 Å². The van der Waals surface area contributed by atoms with Crippen molar-refractivity contribution in [3.05, 3.63) is 72.1 Å². The van der Waals surface area contributed by atoms with Crippen LogP contribution in [-0.4, -0.2) is 25.2 Å². The Balaban J connectivity index is 1.57. The molecule has 1 atom stereocenters. The van der Waals surface area contributed by atoms with Crippen LogP contribution < -0.4 is 5.32 Å². The Morgan fingerprint density at radius 3 is 2.92 bits per heavy atom. The highest BCUT2D eigenvalue weighted by Crippen LogP contribution is 2.20. The third-order valence-electron chi connectivity index (χ3n) is 4.69. The van der Waals surface area contributed by atoms with Crippen LogP contribution in [0.5, 0.6) is 0 Å². The van der Waals surface area contributed by atoms with E-state index in [1.165, 1.54) is 0 Å². The normalized spacial score (nSPS) is 14.7. The summed E-state index contributed by atoms with van der Waals surface area (Å²) in [6.45, 7) is 1.54. The highest BCUT2D eigenvalue weighted by molar-refractivity contribution is 5.95. The fraction of sp³-hybridized carbons (Fsp3) is 0.316. The van der Waals surface area contributed by atoms with Gasteiger partial charge in [0, 0.05) is 25.5 Å². The van der Waals surface area contributed by atoms with Crippen molar-refractivity contribution in [3.8, 4) is 0 Å². The first-order valence-electron chi connectivity index (χ1n) is 8.67. The average Bonchev–Trinajstić information content (AvgIpc) is 3.31. The molecule has 2 aromatic heterocycles. The largest absolute Gasteiger partial charge is 0.343 e. The summed E-state index contributed by atoms with van der Waals surface area (Å²) in [6, 6.07) is 9.91. The molecule has 1 aliphatic heterocycles. The molecule has 1 aliphatic rings. The summed E-state index contributed by atoms with van der Waals surface area (Å²) in [5.41, 5.74) is 2.83. The third kappa shape index (κ3) is 3.33. The number of carbonyl (C=O) groups is 1. The Hall–Kier alpha value is -2.89. The molecular formula is C19H21N5O. The van der Waals surface area contributed by atoms with Crippen molar-refractivity contribution in [2.75, 3.05) is 0 Å². The maximum Gasteiger partial charge on any atom is 0.255 e. The van der Waals surface area contributed by atoms with Crippen LogP contribution >= 0.6 is 0 Å². The van der Waals surface area contributed by atoms with Crippen LogP contribution in [0.4, 0.5) is 0 Å². The molecule has 6 heteroatoms. The fourth-order valence-corrected chi connectivity index (χ4v) is 3.37. The third-order valence-corrected chi connectivity index (χ3v) is 4.69.